The van der Waals surface area contributed by atoms with Crippen LogP contribution in [0.4, 0.5) is 0 Å². The number of nitrogens with one attached hydrogen (secondary N) is 2. The van der Waals surface area contributed by atoms with Gasteiger partial charge in [-0.25, -0.2) is 4.98 Å². The molecule has 2 N–H and O–H groups in total. The zero-order valence-electron chi connectivity index (χ0n) is 16.4. The van der Waals surface area contributed by atoms with E-state index in [1.54, 1.807) is 13.3 Å². The normalized spacial score (nSPS) is 18.7. The molecular weight excluding hydrogens is 348 g/mol. The van der Waals surface area contributed by atoms with Gasteiger partial charge >= 0.3 is 0 Å². The van der Waals surface area contributed by atoms with Gasteiger partial charge in [0.2, 0.25) is 5.89 Å². The van der Waals surface area contributed by atoms with Crippen LogP contribution < -0.4 is 10.6 Å². The van der Waals surface area contributed by atoms with Crippen molar-refractivity contribution in [2.24, 2.45) is 10.9 Å². The summed E-state index contributed by atoms with van der Waals surface area (Å²) in [6.45, 7) is 3.56. The van der Waals surface area contributed by atoms with E-state index in [-0.39, 0.29) is 0 Å². The second-order valence-electron chi connectivity index (χ2n) is 7.33. The van der Waals surface area contributed by atoms with Gasteiger partial charge in [0.1, 0.15) is 6.26 Å². The predicted molar refractivity (Wildman–Crippen MR) is 112 cm³/mol. The van der Waals surface area contributed by atoms with Gasteiger partial charge in [-0.3, -0.25) is 4.99 Å². The summed E-state index contributed by atoms with van der Waals surface area (Å²) in [6.07, 6.45) is 2.93. The monoisotopic (exact) mass is 374 g/mol. The molecule has 2 unspecified atom stereocenters. The zero-order chi connectivity index (χ0) is 19.3. The van der Waals surface area contributed by atoms with Crippen LogP contribution in [-0.2, 0) is 6.54 Å². The lowest BCUT2D eigenvalue weighted by atomic mass is 10.1. The predicted octanol–water partition coefficient (Wildman–Crippen LogP) is 4.12. The molecule has 1 aliphatic carbocycles. The topological polar surface area (TPSA) is 62.5 Å². The first-order valence-corrected chi connectivity index (χ1v) is 9.74. The van der Waals surface area contributed by atoms with Gasteiger partial charge in [-0.2, -0.15) is 0 Å². The van der Waals surface area contributed by atoms with Crippen LogP contribution in [0.25, 0.3) is 11.5 Å². The van der Waals surface area contributed by atoms with E-state index in [1.165, 1.54) is 17.5 Å². The Balaban J connectivity index is 1.26. The molecular formula is C23H26N4O. The van der Waals surface area contributed by atoms with Crippen LogP contribution in [-0.4, -0.2) is 24.5 Å². The molecule has 0 amide bonds. The largest absolute Gasteiger partial charge is 0.444 e. The number of aryl methyl sites for hydroxylation is 1. The molecule has 0 bridgehead atoms. The Hall–Kier alpha value is -3.08. The Morgan fingerprint density at radius 1 is 1.11 bits per heavy atom. The molecule has 3 aromatic rings. The molecule has 1 fully saturated rings. The van der Waals surface area contributed by atoms with E-state index in [0.717, 1.165) is 23.8 Å². The number of benzene rings is 2. The maximum atomic E-state index is 5.62. The first-order chi connectivity index (χ1) is 13.7. The van der Waals surface area contributed by atoms with Crippen LogP contribution in [0, 0.1) is 12.8 Å². The van der Waals surface area contributed by atoms with Gasteiger partial charge < -0.3 is 15.1 Å². The van der Waals surface area contributed by atoms with Gasteiger partial charge in [0.05, 0.1) is 12.2 Å². The number of nitrogens with zero attached hydrogens (tertiary/aromatic N) is 2. The smallest absolute Gasteiger partial charge is 0.226 e. The molecule has 28 heavy (non-hydrogen) atoms. The van der Waals surface area contributed by atoms with Gasteiger partial charge in [0.15, 0.2) is 5.96 Å². The van der Waals surface area contributed by atoms with Crippen LogP contribution in [0.1, 0.15) is 29.2 Å². The number of guanidine groups is 1. The third-order valence-electron chi connectivity index (χ3n) is 5.19. The van der Waals surface area contributed by atoms with Crippen LogP contribution in [0.3, 0.4) is 0 Å². The molecule has 4 rings (SSSR count). The summed E-state index contributed by atoms with van der Waals surface area (Å²) >= 11 is 0. The van der Waals surface area contributed by atoms with Gasteiger partial charge in [0, 0.05) is 19.2 Å². The Morgan fingerprint density at radius 2 is 1.89 bits per heavy atom. The van der Waals surface area contributed by atoms with E-state index in [0.29, 0.717) is 24.3 Å². The number of aromatic nitrogens is 1. The highest BCUT2D eigenvalue weighted by molar-refractivity contribution is 5.79. The number of oxazole rings is 1. The van der Waals surface area contributed by atoms with E-state index < -0.39 is 0 Å². The van der Waals surface area contributed by atoms with Gasteiger partial charge in [-0.05, 0) is 42.9 Å². The summed E-state index contributed by atoms with van der Waals surface area (Å²) < 4.78 is 5.62. The van der Waals surface area contributed by atoms with Gasteiger partial charge in [-0.1, -0.05) is 48.0 Å². The molecule has 1 aromatic heterocycles. The van der Waals surface area contributed by atoms with Crippen molar-refractivity contribution in [1.82, 2.24) is 15.6 Å². The second-order valence-corrected chi connectivity index (χ2v) is 7.33. The molecule has 0 radical (unpaired) electrons. The van der Waals surface area contributed by atoms with Crippen molar-refractivity contribution in [2.45, 2.75) is 25.8 Å². The Morgan fingerprint density at radius 3 is 2.64 bits per heavy atom. The van der Waals surface area contributed by atoms with Crippen molar-refractivity contribution in [3.05, 3.63) is 77.7 Å². The number of hydrogen-bond donors (Lipinski definition) is 2. The van der Waals surface area contributed by atoms with Crippen LogP contribution >= 0.6 is 0 Å². The van der Waals surface area contributed by atoms with Crippen molar-refractivity contribution < 1.29 is 4.42 Å². The summed E-state index contributed by atoms with van der Waals surface area (Å²) in [5.74, 6) is 2.77. The number of aliphatic imine (C=N–C) groups is 1. The summed E-state index contributed by atoms with van der Waals surface area (Å²) in [5.41, 5.74) is 4.49. The minimum absolute atomic E-state index is 0.571. The molecule has 0 spiro atoms. The van der Waals surface area contributed by atoms with Gasteiger partial charge in [-0.15, -0.1) is 0 Å². The standard InChI is InChI=1S/C23H26N4O/c1-16-8-10-18(11-9-16)22-27-20(15-28-22)14-26-23(24-2)25-13-19-12-21(19)17-6-4-3-5-7-17/h3-11,15,19,21H,12-14H2,1-2H3,(H2,24,25,26). The van der Waals surface area contributed by atoms with Crippen molar-refractivity contribution in [1.29, 1.82) is 0 Å². The van der Waals surface area contributed by atoms with Crippen molar-refractivity contribution >= 4 is 5.96 Å². The zero-order valence-corrected chi connectivity index (χ0v) is 16.4. The highest BCUT2D eigenvalue weighted by atomic mass is 16.3. The fourth-order valence-electron chi connectivity index (χ4n) is 3.42. The minimum atomic E-state index is 0.571. The highest BCUT2D eigenvalue weighted by Gasteiger charge is 2.37. The molecule has 2 aromatic carbocycles. The molecule has 2 atom stereocenters. The maximum Gasteiger partial charge on any atom is 0.226 e. The molecule has 144 valence electrons. The van der Waals surface area contributed by atoms with E-state index in [1.807, 2.05) is 12.1 Å². The highest BCUT2D eigenvalue weighted by Crippen LogP contribution is 2.46. The van der Waals surface area contributed by atoms with Crippen molar-refractivity contribution in [3.8, 4) is 11.5 Å². The van der Waals surface area contributed by atoms with Crippen molar-refractivity contribution in [2.75, 3.05) is 13.6 Å². The SMILES string of the molecule is CN=C(NCc1coc(-c2ccc(C)cc2)n1)NCC1CC1c1ccccc1. The quantitative estimate of drug-likeness (QED) is 0.503. The maximum absolute atomic E-state index is 5.62. The average Bonchev–Trinajstić information content (AvgIpc) is 3.36. The Kier molecular flexibility index (Phi) is 5.42. The molecule has 0 aliphatic heterocycles. The summed E-state index contributed by atoms with van der Waals surface area (Å²) in [7, 11) is 1.79. The molecule has 1 saturated carbocycles. The molecule has 5 nitrogen and oxygen atoms in total. The summed E-state index contributed by atoms with van der Waals surface area (Å²) in [6, 6.07) is 18.9. The Labute approximate surface area is 165 Å². The lowest BCUT2D eigenvalue weighted by Gasteiger charge is -2.10. The number of rotatable bonds is 6. The second kappa shape index (κ2) is 8.30. The fraction of sp³-hybridized carbons (Fsp3) is 0.304. The van der Waals surface area contributed by atoms with Crippen molar-refractivity contribution in [3.63, 3.8) is 0 Å². The van der Waals surface area contributed by atoms with Gasteiger partial charge in [0.25, 0.3) is 0 Å². The summed E-state index contributed by atoms with van der Waals surface area (Å²) in [5, 5.41) is 6.74. The fourth-order valence-corrected chi connectivity index (χ4v) is 3.42. The van der Waals surface area contributed by atoms with E-state index in [9.17, 15) is 0 Å². The van der Waals surface area contributed by atoms with E-state index in [2.05, 4.69) is 70.0 Å². The Bertz CT molecular complexity index is 931. The molecule has 0 saturated heterocycles. The van der Waals surface area contributed by atoms with Crippen LogP contribution in [0.2, 0.25) is 0 Å². The third-order valence-corrected chi connectivity index (χ3v) is 5.19. The lowest BCUT2D eigenvalue weighted by Crippen LogP contribution is -2.38. The average molecular weight is 374 g/mol. The van der Waals surface area contributed by atoms with E-state index in [4.69, 9.17) is 4.42 Å². The van der Waals surface area contributed by atoms with E-state index >= 15 is 0 Å². The molecule has 1 heterocycles. The third kappa shape index (κ3) is 4.42. The summed E-state index contributed by atoms with van der Waals surface area (Å²) in [4.78, 5) is 8.88. The first-order valence-electron chi connectivity index (χ1n) is 9.74. The van der Waals surface area contributed by atoms with Crippen LogP contribution in [0.5, 0.6) is 0 Å². The lowest BCUT2D eigenvalue weighted by molar-refractivity contribution is 0.572. The molecule has 5 heteroatoms. The first kappa shape index (κ1) is 18.3. The van der Waals surface area contributed by atoms with Crippen LogP contribution in [0.15, 0.2) is 70.3 Å². The molecule has 1 aliphatic rings. The minimum Gasteiger partial charge on any atom is -0.444 e. The number of hydrogen-bond acceptors (Lipinski definition) is 3.